The third-order valence-electron chi connectivity index (χ3n) is 3.85. The molecule has 0 bridgehead atoms. The average Bonchev–Trinajstić information content (AvgIpc) is 3.15. The molecule has 1 aliphatic heterocycles. The second-order valence-electron chi connectivity index (χ2n) is 5.56. The summed E-state index contributed by atoms with van der Waals surface area (Å²) in [5.74, 6) is 1.87. The van der Waals surface area contributed by atoms with Gasteiger partial charge in [-0.1, -0.05) is 17.3 Å². The van der Waals surface area contributed by atoms with Gasteiger partial charge in [0.05, 0.1) is 19.2 Å². The van der Waals surface area contributed by atoms with E-state index in [2.05, 4.69) is 27.7 Å². The van der Waals surface area contributed by atoms with Crippen LogP contribution in [-0.4, -0.2) is 35.9 Å². The van der Waals surface area contributed by atoms with Gasteiger partial charge in [0.2, 0.25) is 0 Å². The predicted octanol–water partition coefficient (Wildman–Crippen LogP) is 1.59. The summed E-state index contributed by atoms with van der Waals surface area (Å²) in [5.41, 5.74) is 0.915. The highest BCUT2D eigenvalue weighted by atomic mass is 16.5. The molecule has 0 spiro atoms. The molecule has 1 aliphatic rings. The highest BCUT2D eigenvalue weighted by molar-refractivity contribution is 5.62. The van der Waals surface area contributed by atoms with E-state index in [1.807, 2.05) is 24.3 Å². The summed E-state index contributed by atoms with van der Waals surface area (Å²) >= 11 is 0. The Morgan fingerprint density at radius 1 is 1.43 bits per heavy atom. The first kappa shape index (κ1) is 14.0. The molecule has 6 heteroatoms. The van der Waals surface area contributed by atoms with Crippen molar-refractivity contribution in [2.24, 2.45) is 0 Å². The topological polar surface area (TPSA) is 72.2 Å². The van der Waals surface area contributed by atoms with Crippen LogP contribution in [0.4, 0.5) is 0 Å². The standard InChI is InChI=1S/C15H20N4O2/c1-15(7-8-16-10-15)17-9-13-18-14(21-19-13)11-5-3-4-6-12(11)20-2/h3-6,16-17H,7-10H2,1-2H3/t15-/m1/s1. The molecule has 0 unspecified atom stereocenters. The Morgan fingerprint density at radius 2 is 2.29 bits per heavy atom. The Morgan fingerprint density at radius 3 is 3.05 bits per heavy atom. The molecule has 112 valence electrons. The molecule has 2 heterocycles. The zero-order valence-corrected chi connectivity index (χ0v) is 12.3. The maximum absolute atomic E-state index is 5.34. The summed E-state index contributed by atoms with van der Waals surface area (Å²) in [4.78, 5) is 4.44. The Kier molecular flexibility index (Phi) is 3.90. The fraction of sp³-hybridized carbons (Fsp3) is 0.467. The molecular formula is C15H20N4O2. The smallest absolute Gasteiger partial charge is 0.261 e. The minimum Gasteiger partial charge on any atom is -0.496 e. The molecule has 0 amide bonds. The van der Waals surface area contributed by atoms with E-state index in [9.17, 15) is 0 Å². The monoisotopic (exact) mass is 288 g/mol. The SMILES string of the molecule is COc1ccccc1-c1nc(CN[C@]2(C)CCNC2)no1. The third-order valence-corrected chi connectivity index (χ3v) is 3.85. The minimum absolute atomic E-state index is 0.102. The van der Waals surface area contributed by atoms with Gasteiger partial charge in [0.1, 0.15) is 5.75 Å². The number of hydrogen-bond acceptors (Lipinski definition) is 6. The van der Waals surface area contributed by atoms with Crippen molar-refractivity contribution < 1.29 is 9.26 Å². The van der Waals surface area contributed by atoms with Crippen LogP contribution in [0.2, 0.25) is 0 Å². The van der Waals surface area contributed by atoms with Gasteiger partial charge in [0.25, 0.3) is 5.89 Å². The average molecular weight is 288 g/mol. The maximum atomic E-state index is 5.34. The lowest BCUT2D eigenvalue weighted by Gasteiger charge is -2.23. The first-order valence-electron chi connectivity index (χ1n) is 7.12. The summed E-state index contributed by atoms with van der Waals surface area (Å²) in [6, 6.07) is 7.62. The first-order chi connectivity index (χ1) is 10.2. The van der Waals surface area contributed by atoms with Gasteiger partial charge >= 0.3 is 0 Å². The summed E-state index contributed by atoms with van der Waals surface area (Å²) in [7, 11) is 1.63. The van der Waals surface area contributed by atoms with Gasteiger partial charge in [0.15, 0.2) is 5.82 Å². The second kappa shape index (κ2) is 5.83. The fourth-order valence-corrected chi connectivity index (χ4v) is 2.52. The lowest BCUT2D eigenvalue weighted by atomic mass is 10.0. The van der Waals surface area contributed by atoms with Crippen LogP contribution in [0.3, 0.4) is 0 Å². The number of methoxy groups -OCH3 is 1. The van der Waals surface area contributed by atoms with E-state index in [1.54, 1.807) is 7.11 Å². The molecule has 0 saturated carbocycles. The number of nitrogens with zero attached hydrogens (tertiary/aromatic N) is 2. The van der Waals surface area contributed by atoms with Crippen LogP contribution in [0.5, 0.6) is 5.75 Å². The first-order valence-corrected chi connectivity index (χ1v) is 7.12. The number of benzene rings is 1. The molecule has 2 N–H and O–H groups in total. The van der Waals surface area contributed by atoms with Crippen LogP contribution < -0.4 is 15.4 Å². The van der Waals surface area contributed by atoms with Crippen molar-refractivity contribution in [2.75, 3.05) is 20.2 Å². The van der Waals surface area contributed by atoms with E-state index in [4.69, 9.17) is 9.26 Å². The molecule has 0 radical (unpaired) electrons. The fourth-order valence-electron chi connectivity index (χ4n) is 2.52. The lowest BCUT2D eigenvalue weighted by molar-refractivity contribution is 0.368. The Labute approximate surface area is 123 Å². The predicted molar refractivity (Wildman–Crippen MR) is 79.0 cm³/mol. The van der Waals surface area contributed by atoms with E-state index < -0.39 is 0 Å². The zero-order chi connectivity index (χ0) is 14.7. The van der Waals surface area contributed by atoms with Gasteiger partial charge < -0.3 is 19.9 Å². The molecule has 3 rings (SSSR count). The third kappa shape index (κ3) is 3.06. The van der Waals surface area contributed by atoms with Crippen molar-refractivity contribution in [2.45, 2.75) is 25.4 Å². The van der Waals surface area contributed by atoms with Crippen LogP contribution in [0, 0.1) is 0 Å². The van der Waals surface area contributed by atoms with Crippen molar-refractivity contribution in [3.63, 3.8) is 0 Å². The number of aromatic nitrogens is 2. The van der Waals surface area contributed by atoms with Gasteiger partial charge in [-0.05, 0) is 32.0 Å². The summed E-state index contributed by atoms with van der Waals surface area (Å²) < 4.78 is 10.7. The molecule has 0 aliphatic carbocycles. The zero-order valence-electron chi connectivity index (χ0n) is 12.3. The molecule has 1 aromatic carbocycles. The second-order valence-corrected chi connectivity index (χ2v) is 5.56. The largest absolute Gasteiger partial charge is 0.496 e. The van der Waals surface area contributed by atoms with Gasteiger partial charge in [-0.2, -0.15) is 4.98 Å². The number of para-hydroxylation sites is 1. The van der Waals surface area contributed by atoms with Crippen molar-refractivity contribution in [3.05, 3.63) is 30.1 Å². The normalized spacial score (nSPS) is 21.6. The van der Waals surface area contributed by atoms with Gasteiger partial charge in [-0.15, -0.1) is 0 Å². The number of nitrogens with one attached hydrogen (secondary N) is 2. The maximum Gasteiger partial charge on any atom is 0.261 e. The molecular weight excluding hydrogens is 268 g/mol. The molecule has 1 saturated heterocycles. The summed E-state index contributed by atoms with van der Waals surface area (Å²) in [5, 5.41) is 10.9. The van der Waals surface area contributed by atoms with Crippen LogP contribution in [0.25, 0.3) is 11.5 Å². The number of ether oxygens (including phenoxy) is 1. The minimum atomic E-state index is 0.102. The highest BCUT2D eigenvalue weighted by Crippen LogP contribution is 2.28. The Hall–Kier alpha value is -1.92. The van der Waals surface area contributed by atoms with Crippen LogP contribution in [0.15, 0.2) is 28.8 Å². The highest BCUT2D eigenvalue weighted by Gasteiger charge is 2.28. The molecule has 1 fully saturated rings. The quantitative estimate of drug-likeness (QED) is 0.870. The van der Waals surface area contributed by atoms with E-state index in [1.165, 1.54) is 0 Å². The van der Waals surface area contributed by atoms with E-state index in [0.29, 0.717) is 18.3 Å². The molecule has 21 heavy (non-hydrogen) atoms. The molecule has 1 aromatic heterocycles. The van der Waals surface area contributed by atoms with Crippen LogP contribution in [-0.2, 0) is 6.54 Å². The van der Waals surface area contributed by atoms with Crippen molar-refractivity contribution >= 4 is 0 Å². The van der Waals surface area contributed by atoms with E-state index >= 15 is 0 Å². The number of rotatable bonds is 5. The van der Waals surface area contributed by atoms with Crippen molar-refractivity contribution in [3.8, 4) is 17.2 Å². The summed E-state index contributed by atoms with van der Waals surface area (Å²) in [6.45, 7) is 4.80. The van der Waals surface area contributed by atoms with Crippen molar-refractivity contribution in [1.82, 2.24) is 20.8 Å². The van der Waals surface area contributed by atoms with E-state index in [0.717, 1.165) is 30.8 Å². The van der Waals surface area contributed by atoms with E-state index in [-0.39, 0.29) is 5.54 Å². The molecule has 6 nitrogen and oxygen atoms in total. The van der Waals surface area contributed by atoms with Gasteiger partial charge in [-0.3, -0.25) is 0 Å². The van der Waals surface area contributed by atoms with Gasteiger partial charge in [-0.25, -0.2) is 0 Å². The summed E-state index contributed by atoms with van der Waals surface area (Å²) in [6.07, 6.45) is 1.10. The van der Waals surface area contributed by atoms with Crippen LogP contribution in [0.1, 0.15) is 19.2 Å². The van der Waals surface area contributed by atoms with Crippen molar-refractivity contribution in [1.29, 1.82) is 0 Å². The molecule has 1 atom stereocenters. The van der Waals surface area contributed by atoms with Crippen LogP contribution >= 0.6 is 0 Å². The molecule has 2 aromatic rings. The number of hydrogen-bond donors (Lipinski definition) is 2. The Bertz CT molecular complexity index is 605. The lowest BCUT2D eigenvalue weighted by Crippen LogP contribution is -2.43. The van der Waals surface area contributed by atoms with Gasteiger partial charge in [0, 0.05) is 12.1 Å². The Balaban J connectivity index is 1.71.